The molecule has 1 aliphatic rings. The van der Waals surface area contributed by atoms with E-state index in [2.05, 4.69) is 9.97 Å². The largest absolute Gasteiger partial charge is 0.375 e. The molecule has 1 aromatic rings. The summed E-state index contributed by atoms with van der Waals surface area (Å²) in [6, 6.07) is 0. The van der Waals surface area contributed by atoms with E-state index in [-0.39, 0.29) is 5.69 Å². The molecule has 0 spiro atoms. The van der Waals surface area contributed by atoms with Crippen LogP contribution in [0.2, 0.25) is 0 Å². The molecule has 0 saturated carbocycles. The summed E-state index contributed by atoms with van der Waals surface area (Å²) in [6.07, 6.45) is 0.783. The number of hydrogen-bond donors (Lipinski definition) is 2. The molecule has 0 atom stereocenters. The maximum atomic E-state index is 11.0. The fourth-order valence-electron chi connectivity index (χ4n) is 1.53. The summed E-state index contributed by atoms with van der Waals surface area (Å²) in [5.74, 6) is 0. The van der Waals surface area contributed by atoms with Gasteiger partial charge in [-0.25, -0.2) is 4.79 Å². The summed E-state index contributed by atoms with van der Waals surface area (Å²) in [4.78, 5) is 17.5. The fourth-order valence-corrected chi connectivity index (χ4v) is 1.53. The molecule has 0 radical (unpaired) electrons. The number of aromatic amines is 1. The smallest absolute Gasteiger partial charge is 0.345 e. The summed E-state index contributed by atoms with van der Waals surface area (Å²) in [7, 11) is 0. The molecule has 0 aromatic carbocycles. The first kappa shape index (κ1) is 8.40. The first-order valence-electron chi connectivity index (χ1n) is 4.20. The summed E-state index contributed by atoms with van der Waals surface area (Å²) < 4.78 is 5.21. The molecule has 2 heterocycles. The van der Waals surface area contributed by atoms with Gasteiger partial charge in [0.2, 0.25) is 0 Å². The van der Waals surface area contributed by atoms with E-state index in [4.69, 9.17) is 10.5 Å². The molecule has 13 heavy (non-hydrogen) atoms. The third-order valence-electron chi connectivity index (χ3n) is 2.14. The van der Waals surface area contributed by atoms with Crippen LogP contribution < -0.4 is 11.4 Å². The van der Waals surface area contributed by atoms with Crippen LogP contribution in [0.4, 0.5) is 0 Å². The van der Waals surface area contributed by atoms with Crippen molar-refractivity contribution in [1.82, 2.24) is 9.97 Å². The van der Waals surface area contributed by atoms with Crippen LogP contribution >= 0.6 is 0 Å². The van der Waals surface area contributed by atoms with E-state index in [1.54, 1.807) is 0 Å². The molecule has 70 valence electrons. The van der Waals surface area contributed by atoms with Gasteiger partial charge >= 0.3 is 5.69 Å². The van der Waals surface area contributed by atoms with Crippen LogP contribution in [-0.2, 0) is 24.3 Å². The zero-order valence-electron chi connectivity index (χ0n) is 7.17. The first-order chi connectivity index (χ1) is 6.31. The minimum absolute atomic E-state index is 0.312. The standard InChI is InChI=1S/C8H11N3O2/c9-3-6-5-1-2-13-4-7(5)11-8(12)10-6/h1-4,9H2,(H,10,11,12). The molecule has 1 aliphatic heterocycles. The highest BCUT2D eigenvalue weighted by Gasteiger charge is 2.14. The van der Waals surface area contributed by atoms with Crippen molar-refractivity contribution in [3.05, 3.63) is 27.4 Å². The molecule has 5 heteroatoms. The zero-order valence-corrected chi connectivity index (χ0v) is 7.17. The molecule has 1 aromatic heterocycles. The van der Waals surface area contributed by atoms with E-state index in [1.807, 2.05) is 0 Å². The van der Waals surface area contributed by atoms with Crippen LogP contribution in [-0.4, -0.2) is 16.6 Å². The number of ether oxygens (including phenoxy) is 1. The van der Waals surface area contributed by atoms with E-state index >= 15 is 0 Å². The average Bonchev–Trinajstić information content (AvgIpc) is 2.16. The number of nitrogens with one attached hydrogen (secondary N) is 1. The highest BCUT2D eigenvalue weighted by molar-refractivity contribution is 5.25. The first-order valence-corrected chi connectivity index (χ1v) is 4.20. The fraction of sp³-hybridized carbons (Fsp3) is 0.500. The lowest BCUT2D eigenvalue weighted by Gasteiger charge is -2.17. The Hall–Kier alpha value is -1.20. The Balaban J connectivity index is 2.57. The lowest BCUT2D eigenvalue weighted by Crippen LogP contribution is -2.24. The Morgan fingerprint density at radius 3 is 3.23 bits per heavy atom. The number of nitrogens with two attached hydrogens (primary N) is 1. The molecule has 0 unspecified atom stereocenters. The van der Waals surface area contributed by atoms with Gasteiger partial charge in [0.15, 0.2) is 0 Å². The van der Waals surface area contributed by atoms with E-state index in [0.717, 1.165) is 17.7 Å². The SMILES string of the molecule is NCc1nc(=O)[nH]c2c1CCOC2. The summed E-state index contributed by atoms with van der Waals surface area (Å²) in [5, 5.41) is 0. The molecule has 0 fully saturated rings. The van der Waals surface area contributed by atoms with Gasteiger partial charge in [-0.2, -0.15) is 4.98 Å². The third kappa shape index (κ3) is 1.48. The monoisotopic (exact) mass is 181 g/mol. The van der Waals surface area contributed by atoms with E-state index in [9.17, 15) is 4.79 Å². The Kier molecular flexibility index (Phi) is 2.12. The predicted molar refractivity (Wildman–Crippen MR) is 46.1 cm³/mol. The van der Waals surface area contributed by atoms with Crippen molar-refractivity contribution in [2.45, 2.75) is 19.6 Å². The minimum atomic E-state index is -0.343. The number of nitrogens with zero attached hydrogens (tertiary/aromatic N) is 1. The molecular formula is C8H11N3O2. The van der Waals surface area contributed by atoms with E-state index in [0.29, 0.717) is 25.5 Å². The quantitative estimate of drug-likeness (QED) is 0.600. The number of fused-ring (bicyclic) bond motifs is 1. The van der Waals surface area contributed by atoms with Gasteiger partial charge in [-0.05, 0) is 12.0 Å². The van der Waals surface area contributed by atoms with Crippen molar-refractivity contribution < 1.29 is 4.74 Å². The van der Waals surface area contributed by atoms with Crippen LogP contribution in [0.1, 0.15) is 17.0 Å². The second-order valence-electron chi connectivity index (χ2n) is 2.95. The molecule has 2 rings (SSSR count). The highest BCUT2D eigenvalue weighted by Crippen LogP contribution is 2.14. The van der Waals surface area contributed by atoms with E-state index in [1.165, 1.54) is 0 Å². The Morgan fingerprint density at radius 1 is 1.62 bits per heavy atom. The molecule has 0 saturated heterocycles. The summed E-state index contributed by atoms with van der Waals surface area (Å²) in [6.45, 7) is 1.44. The van der Waals surface area contributed by atoms with Gasteiger partial charge in [0.1, 0.15) is 0 Å². The van der Waals surface area contributed by atoms with Crippen LogP contribution in [0, 0.1) is 0 Å². The van der Waals surface area contributed by atoms with Gasteiger partial charge in [-0.3, -0.25) is 0 Å². The van der Waals surface area contributed by atoms with Gasteiger partial charge in [-0.15, -0.1) is 0 Å². The van der Waals surface area contributed by atoms with Crippen LogP contribution in [0.25, 0.3) is 0 Å². The van der Waals surface area contributed by atoms with E-state index < -0.39 is 0 Å². The number of rotatable bonds is 1. The minimum Gasteiger partial charge on any atom is -0.375 e. The van der Waals surface area contributed by atoms with Gasteiger partial charge < -0.3 is 15.5 Å². The lowest BCUT2D eigenvalue weighted by atomic mass is 10.1. The Bertz CT molecular complexity index is 352. The third-order valence-corrected chi connectivity index (χ3v) is 2.14. The second kappa shape index (κ2) is 3.27. The second-order valence-corrected chi connectivity index (χ2v) is 2.95. The van der Waals surface area contributed by atoms with Crippen LogP contribution in [0.15, 0.2) is 4.79 Å². The molecule has 3 N–H and O–H groups in total. The van der Waals surface area contributed by atoms with Gasteiger partial charge in [-0.1, -0.05) is 0 Å². The van der Waals surface area contributed by atoms with Crippen LogP contribution in [0.5, 0.6) is 0 Å². The maximum Gasteiger partial charge on any atom is 0.345 e. The molecule has 0 aliphatic carbocycles. The number of hydrogen-bond acceptors (Lipinski definition) is 4. The van der Waals surface area contributed by atoms with Crippen molar-refractivity contribution >= 4 is 0 Å². The molecule has 0 amide bonds. The van der Waals surface area contributed by atoms with Gasteiger partial charge in [0, 0.05) is 6.54 Å². The van der Waals surface area contributed by atoms with Gasteiger partial charge in [0.25, 0.3) is 0 Å². The number of H-pyrrole nitrogens is 1. The molecule has 5 nitrogen and oxygen atoms in total. The Morgan fingerprint density at radius 2 is 2.46 bits per heavy atom. The zero-order chi connectivity index (χ0) is 9.26. The highest BCUT2D eigenvalue weighted by atomic mass is 16.5. The maximum absolute atomic E-state index is 11.0. The Labute approximate surface area is 74.9 Å². The summed E-state index contributed by atoms with van der Waals surface area (Å²) >= 11 is 0. The van der Waals surface area contributed by atoms with Crippen molar-refractivity contribution in [2.75, 3.05) is 6.61 Å². The predicted octanol–water partition coefficient (Wildman–Crippen LogP) is -0.699. The van der Waals surface area contributed by atoms with Gasteiger partial charge in [0.05, 0.1) is 24.6 Å². The molecular weight excluding hydrogens is 170 g/mol. The van der Waals surface area contributed by atoms with Crippen molar-refractivity contribution in [3.63, 3.8) is 0 Å². The van der Waals surface area contributed by atoms with Crippen LogP contribution in [0.3, 0.4) is 0 Å². The summed E-state index contributed by atoms with van der Waals surface area (Å²) in [5.41, 5.74) is 7.72. The van der Waals surface area contributed by atoms with Crippen molar-refractivity contribution in [2.24, 2.45) is 5.73 Å². The van der Waals surface area contributed by atoms with Crippen molar-refractivity contribution in [1.29, 1.82) is 0 Å². The topological polar surface area (TPSA) is 81.0 Å². The number of aromatic nitrogens is 2. The van der Waals surface area contributed by atoms with Crippen molar-refractivity contribution in [3.8, 4) is 0 Å². The average molecular weight is 181 g/mol. The lowest BCUT2D eigenvalue weighted by molar-refractivity contribution is 0.106. The molecule has 0 bridgehead atoms. The normalized spacial score (nSPS) is 15.5.